The predicted molar refractivity (Wildman–Crippen MR) is 90.0 cm³/mol. The van der Waals surface area contributed by atoms with Gasteiger partial charge in [0.25, 0.3) is 0 Å². The molecule has 1 aromatic heterocycles. The minimum atomic E-state index is -0.288. The van der Waals surface area contributed by atoms with Crippen molar-refractivity contribution in [3.63, 3.8) is 0 Å². The van der Waals surface area contributed by atoms with Gasteiger partial charge in [-0.25, -0.2) is 0 Å². The second-order valence-electron chi connectivity index (χ2n) is 5.85. The Morgan fingerprint density at radius 3 is 2.40 bits per heavy atom. The average molecular weight is 337 g/mol. The summed E-state index contributed by atoms with van der Waals surface area (Å²) in [5, 5.41) is 21.3. The summed E-state index contributed by atoms with van der Waals surface area (Å²) >= 11 is 0. The largest absolute Gasteiger partial charge is 0.339 e. The second kappa shape index (κ2) is 8.60. The average Bonchev–Trinajstić information content (AvgIpc) is 3.08. The summed E-state index contributed by atoms with van der Waals surface area (Å²) in [5.74, 6) is 0.989. The van der Waals surface area contributed by atoms with Crippen molar-refractivity contribution in [1.29, 1.82) is 10.5 Å². The van der Waals surface area contributed by atoms with Crippen molar-refractivity contribution in [2.45, 2.75) is 32.6 Å². The topological polar surface area (TPSA) is 107 Å². The first-order valence-corrected chi connectivity index (χ1v) is 7.99. The molecule has 2 rings (SSSR count). The SMILES string of the molecule is CC(C)c1ccc(-c2noc(CCC(=O)N(CC#N)CC#N)n2)cc1. The van der Waals surface area contributed by atoms with Gasteiger partial charge in [0.05, 0.1) is 12.1 Å². The minimum absolute atomic E-state index is 0.107. The Kier molecular flexibility index (Phi) is 6.25. The molecule has 0 radical (unpaired) electrons. The number of benzene rings is 1. The molecular weight excluding hydrogens is 318 g/mol. The number of aryl methyl sites for hydroxylation is 1. The van der Waals surface area contributed by atoms with Gasteiger partial charge < -0.3 is 9.42 Å². The number of carbonyl (C=O) groups is 1. The van der Waals surface area contributed by atoms with E-state index >= 15 is 0 Å². The fourth-order valence-electron chi connectivity index (χ4n) is 2.27. The van der Waals surface area contributed by atoms with Crippen molar-refractivity contribution in [2.24, 2.45) is 0 Å². The molecule has 0 spiro atoms. The third-order valence-electron chi connectivity index (χ3n) is 3.73. The fourth-order valence-corrected chi connectivity index (χ4v) is 2.27. The third kappa shape index (κ3) is 4.89. The Balaban J connectivity index is 1.98. The van der Waals surface area contributed by atoms with Gasteiger partial charge >= 0.3 is 0 Å². The van der Waals surface area contributed by atoms with Crippen molar-refractivity contribution in [3.05, 3.63) is 35.7 Å². The van der Waals surface area contributed by atoms with Gasteiger partial charge in [0, 0.05) is 18.4 Å². The monoisotopic (exact) mass is 337 g/mol. The van der Waals surface area contributed by atoms with Gasteiger partial charge in [0.15, 0.2) is 0 Å². The van der Waals surface area contributed by atoms with Gasteiger partial charge in [-0.2, -0.15) is 15.5 Å². The molecule has 0 N–H and O–H groups in total. The van der Waals surface area contributed by atoms with E-state index in [9.17, 15) is 4.79 Å². The maximum Gasteiger partial charge on any atom is 0.227 e. The lowest BCUT2D eigenvalue weighted by Crippen LogP contribution is -2.31. The van der Waals surface area contributed by atoms with Gasteiger partial charge in [0.2, 0.25) is 17.6 Å². The molecule has 0 saturated heterocycles. The van der Waals surface area contributed by atoms with Crippen LogP contribution in [0.3, 0.4) is 0 Å². The van der Waals surface area contributed by atoms with Crippen molar-refractivity contribution in [1.82, 2.24) is 15.0 Å². The van der Waals surface area contributed by atoms with Crippen LogP contribution in [0.4, 0.5) is 0 Å². The highest BCUT2D eigenvalue weighted by molar-refractivity contribution is 5.76. The standard InChI is InChI=1S/C18H19N5O2/c1-13(2)14-3-5-15(6-4-14)18-21-16(25-22-18)7-8-17(24)23(11-9-19)12-10-20/h3-6,13H,7-8,11-12H2,1-2H3. The summed E-state index contributed by atoms with van der Waals surface area (Å²) < 4.78 is 5.18. The van der Waals surface area contributed by atoms with E-state index in [2.05, 4.69) is 24.0 Å². The molecule has 7 nitrogen and oxygen atoms in total. The van der Waals surface area contributed by atoms with E-state index in [0.717, 1.165) is 5.56 Å². The van der Waals surface area contributed by atoms with Gasteiger partial charge in [0.1, 0.15) is 13.1 Å². The lowest BCUT2D eigenvalue weighted by Gasteiger charge is -2.14. The summed E-state index contributed by atoms with van der Waals surface area (Å²) in [6, 6.07) is 11.7. The Morgan fingerprint density at radius 2 is 1.84 bits per heavy atom. The van der Waals surface area contributed by atoms with Crippen LogP contribution in [-0.2, 0) is 11.2 Å². The molecule has 0 aliphatic rings. The lowest BCUT2D eigenvalue weighted by atomic mass is 10.0. The van der Waals surface area contributed by atoms with E-state index in [1.165, 1.54) is 10.5 Å². The third-order valence-corrected chi connectivity index (χ3v) is 3.73. The number of hydrogen-bond donors (Lipinski definition) is 0. The van der Waals surface area contributed by atoms with E-state index in [-0.39, 0.29) is 31.8 Å². The summed E-state index contributed by atoms with van der Waals surface area (Å²) in [7, 11) is 0. The van der Waals surface area contributed by atoms with Crippen LogP contribution in [0.1, 0.15) is 37.6 Å². The van der Waals surface area contributed by atoms with Gasteiger partial charge in [-0.05, 0) is 11.5 Å². The molecule has 0 saturated carbocycles. The highest BCUT2D eigenvalue weighted by Gasteiger charge is 2.15. The van der Waals surface area contributed by atoms with Crippen LogP contribution < -0.4 is 0 Å². The Hall–Kier alpha value is -3.19. The molecule has 1 heterocycles. The van der Waals surface area contributed by atoms with Crippen molar-refractivity contribution >= 4 is 5.91 Å². The molecule has 1 amide bonds. The lowest BCUT2D eigenvalue weighted by molar-refractivity contribution is -0.130. The molecule has 0 aliphatic carbocycles. The molecule has 0 bridgehead atoms. The van der Waals surface area contributed by atoms with Crippen molar-refractivity contribution < 1.29 is 9.32 Å². The van der Waals surface area contributed by atoms with Crippen LogP contribution in [0.15, 0.2) is 28.8 Å². The zero-order chi connectivity index (χ0) is 18.2. The zero-order valence-corrected chi connectivity index (χ0v) is 14.3. The molecule has 0 unspecified atom stereocenters. The number of aromatic nitrogens is 2. The van der Waals surface area contributed by atoms with Crippen LogP contribution in [0.5, 0.6) is 0 Å². The van der Waals surface area contributed by atoms with Gasteiger partial charge in [-0.1, -0.05) is 43.3 Å². The minimum Gasteiger partial charge on any atom is -0.339 e. The zero-order valence-electron chi connectivity index (χ0n) is 14.3. The molecular formula is C18H19N5O2. The Labute approximate surface area is 146 Å². The van der Waals surface area contributed by atoms with E-state index in [1.807, 2.05) is 36.4 Å². The number of rotatable bonds is 7. The van der Waals surface area contributed by atoms with E-state index in [4.69, 9.17) is 15.0 Å². The molecule has 0 atom stereocenters. The molecule has 128 valence electrons. The quantitative estimate of drug-likeness (QED) is 0.719. The van der Waals surface area contributed by atoms with Crippen LogP contribution in [-0.4, -0.2) is 34.0 Å². The number of carbonyl (C=O) groups excluding carboxylic acids is 1. The molecule has 0 aliphatic heterocycles. The first-order valence-electron chi connectivity index (χ1n) is 7.99. The number of nitrogens with zero attached hydrogens (tertiary/aromatic N) is 5. The van der Waals surface area contributed by atoms with Crippen LogP contribution in [0, 0.1) is 22.7 Å². The predicted octanol–water partition coefficient (Wildman–Crippen LogP) is 2.67. The van der Waals surface area contributed by atoms with Crippen LogP contribution >= 0.6 is 0 Å². The highest BCUT2D eigenvalue weighted by Crippen LogP contribution is 2.20. The molecule has 7 heteroatoms. The summed E-state index contributed by atoms with van der Waals surface area (Å²) in [6.45, 7) is 4.04. The summed E-state index contributed by atoms with van der Waals surface area (Å²) in [5.41, 5.74) is 2.08. The maximum atomic E-state index is 12.0. The summed E-state index contributed by atoms with van der Waals surface area (Å²) in [6.07, 6.45) is 0.376. The Morgan fingerprint density at radius 1 is 1.20 bits per heavy atom. The van der Waals surface area contributed by atoms with E-state index in [0.29, 0.717) is 17.6 Å². The first-order chi connectivity index (χ1) is 12.0. The van der Waals surface area contributed by atoms with E-state index in [1.54, 1.807) is 0 Å². The molecule has 0 fully saturated rings. The maximum absolute atomic E-state index is 12.0. The van der Waals surface area contributed by atoms with Gasteiger partial charge in [-0.3, -0.25) is 4.79 Å². The number of nitriles is 2. The number of amides is 1. The summed E-state index contributed by atoms with van der Waals surface area (Å²) in [4.78, 5) is 17.5. The van der Waals surface area contributed by atoms with Crippen molar-refractivity contribution in [3.8, 4) is 23.5 Å². The molecule has 2 aromatic rings. The smallest absolute Gasteiger partial charge is 0.227 e. The van der Waals surface area contributed by atoms with E-state index < -0.39 is 0 Å². The second-order valence-corrected chi connectivity index (χ2v) is 5.85. The van der Waals surface area contributed by atoms with Gasteiger partial charge in [-0.15, -0.1) is 0 Å². The fraction of sp³-hybridized carbons (Fsp3) is 0.389. The van der Waals surface area contributed by atoms with Crippen molar-refractivity contribution in [2.75, 3.05) is 13.1 Å². The molecule has 1 aromatic carbocycles. The normalized spacial score (nSPS) is 10.3. The highest BCUT2D eigenvalue weighted by atomic mass is 16.5. The number of hydrogen-bond acceptors (Lipinski definition) is 6. The van der Waals surface area contributed by atoms with Crippen LogP contribution in [0.25, 0.3) is 11.4 Å². The Bertz CT molecular complexity index is 780. The molecule has 25 heavy (non-hydrogen) atoms. The van der Waals surface area contributed by atoms with Crippen LogP contribution in [0.2, 0.25) is 0 Å². The first kappa shape index (κ1) is 18.2.